The molecule has 0 unspecified atom stereocenters. The Morgan fingerprint density at radius 3 is 1.83 bits per heavy atom. The standard InChI is InChI=1S/C18H12.C7H8O3S.H2S/c1-2-7-13(8-3-1)14-11-6-12-17-15-9-4-5-10-16(15)18(14)17;1-6-2-4-7(5-3-6)11(8,9)10;/h1-12H;2-5H,1H3,(H,8,9,10);1H2. The molecular formula is C25H22O3S2. The van der Waals surface area contributed by atoms with Gasteiger partial charge in [-0.25, -0.2) is 8.42 Å². The highest BCUT2D eigenvalue weighted by atomic mass is 32.2. The normalized spacial score (nSPS) is 11.0. The van der Waals surface area contributed by atoms with Gasteiger partial charge in [0.25, 0.3) is 0 Å². The molecule has 0 amide bonds. The smallest absolute Gasteiger partial charge is 0.124 e. The number of benzene rings is 4. The monoisotopic (exact) mass is 434 g/mol. The largest absolute Gasteiger partial charge is 0.744 e. The lowest BCUT2D eigenvalue weighted by molar-refractivity contribution is 0.463. The molecule has 4 aromatic rings. The fourth-order valence-corrected chi connectivity index (χ4v) is 3.97. The van der Waals surface area contributed by atoms with E-state index >= 15 is 0 Å². The molecule has 5 heteroatoms. The average molecular weight is 435 g/mol. The molecule has 152 valence electrons. The zero-order valence-corrected chi connectivity index (χ0v) is 18.4. The van der Waals surface area contributed by atoms with Gasteiger partial charge in [-0.05, 0) is 51.1 Å². The van der Waals surface area contributed by atoms with Crippen LogP contribution >= 0.6 is 0 Å². The molecule has 0 heterocycles. The Morgan fingerprint density at radius 2 is 1.20 bits per heavy atom. The number of fused-ring (bicyclic) bond motifs is 2. The molecule has 0 saturated heterocycles. The van der Waals surface area contributed by atoms with Gasteiger partial charge in [0, 0.05) is 0 Å². The second-order valence-corrected chi connectivity index (χ2v) is 8.29. The summed E-state index contributed by atoms with van der Waals surface area (Å²) in [5.41, 5.74) is 3.56. The topological polar surface area (TPSA) is 57.2 Å². The van der Waals surface area contributed by atoms with Gasteiger partial charge < -0.3 is 4.55 Å². The SMILES string of the molecule is Cc1ccc(S(=O)(=O)[O-])cc1.[SH3+].c1ccc(-c2cccc3c2=c2ccccc2=3)cc1. The second-order valence-electron chi connectivity index (χ2n) is 6.91. The molecule has 0 saturated carbocycles. The Hall–Kier alpha value is -2.86. The van der Waals surface area contributed by atoms with Crippen molar-refractivity contribution in [2.75, 3.05) is 0 Å². The summed E-state index contributed by atoms with van der Waals surface area (Å²) in [5.74, 6) is 0. The molecule has 0 aromatic heterocycles. The van der Waals surface area contributed by atoms with Gasteiger partial charge in [-0.3, -0.25) is 0 Å². The van der Waals surface area contributed by atoms with Crippen molar-refractivity contribution in [3.05, 3.63) is 123 Å². The van der Waals surface area contributed by atoms with Crippen LogP contribution in [0.15, 0.2) is 102 Å². The van der Waals surface area contributed by atoms with Gasteiger partial charge in [-0.2, -0.15) is 0 Å². The van der Waals surface area contributed by atoms with Gasteiger partial charge in [-0.15, -0.1) is 0 Å². The maximum Gasteiger partial charge on any atom is 0.124 e. The molecule has 0 radical (unpaired) electrons. The first-order chi connectivity index (χ1) is 13.9. The highest BCUT2D eigenvalue weighted by molar-refractivity contribution is 7.85. The van der Waals surface area contributed by atoms with E-state index in [0.717, 1.165) is 5.56 Å². The lowest BCUT2D eigenvalue weighted by Gasteiger charge is -2.10. The average Bonchev–Trinajstić information content (AvgIpc) is 2.72. The fourth-order valence-electron chi connectivity index (χ4n) is 3.50. The van der Waals surface area contributed by atoms with E-state index in [4.69, 9.17) is 0 Å². The van der Waals surface area contributed by atoms with Gasteiger partial charge >= 0.3 is 0 Å². The second kappa shape index (κ2) is 8.88. The van der Waals surface area contributed by atoms with Gasteiger partial charge in [0.05, 0.1) is 4.90 Å². The minimum atomic E-state index is -4.27. The minimum absolute atomic E-state index is 0. The van der Waals surface area contributed by atoms with Crippen LogP contribution in [-0.4, -0.2) is 13.0 Å². The van der Waals surface area contributed by atoms with Crippen molar-refractivity contribution in [3.8, 4) is 11.1 Å². The number of hydrogen-bond acceptors (Lipinski definition) is 3. The molecule has 30 heavy (non-hydrogen) atoms. The van der Waals surface area contributed by atoms with E-state index in [1.54, 1.807) is 12.1 Å². The minimum Gasteiger partial charge on any atom is -0.744 e. The summed E-state index contributed by atoms with van der Waals surface area (Å²) in [6, 6.07) is 31.6. The molecule has 0 atom stereocenters. The number of hydrogen-bond donors (Lipinski definition) is 0. The van der Waals surface area contributed by atoms with Gasteiger partial charge in [0.2, 0.25) is 0 Å². The van der Waals surface area contributed by atoms with Crippen LogP contribution < -0.4 is 0 Å². The van der Waals surface area contributed by atoms with Crippen molar-refractivity contribution in [3.63, 3.8) is 0 Å². The molecule has 4 aromatic carbocycles. The third kappa shape index (κ3) is 4.33. The number of aryl methyl sites for hydroxylation is 1. The van der Waals surface area contributed by atoms with Crippen molar-refractivity contribution >= 4 is 23.6 Å². The maximum absolute atomic E-state index is 10.4. The summed E-state index contributed by atoms with van der Waals surface area (Å²) in [7, 11) is -4.27. The molecule has 0 spiro atoms. The van der Waals surface area contributed by atoms with Crippen LogP contribution in [0, 0.1) is 27.8 Å². The summed E-state index contributed by atoms with van der Waals surface area (Å²) >= 11 is 0. The summed E-state index contributed by atoms with van der Waals surface area (Å²) in [4.78, 5) is -0.178. The van der Waals surface area contributed by atoms with Gasteiger partial charge in [-0.1, -0.05) is 104 Å². The van der Waals surface area contributed by atoms with E-state index in [2.05, 4.69) is 72.8 Å². The van der Waals surface area contributed by atoms with Crippen molar-refractivity contribution < 1.29 is 13.0 Å². The highest BCUT2D eigenvalue weighted by Gasteiger charge is 2.07. The van der Waals surface area contributed by atoms with Crippen molar-refractivity contribution in [1.82, 2.24) is 0 Å². The zero-order valence-electron chi connectivity index (χ0n) is 16.4. The molecular weight excluding hydrogens is 412 g/mol. The van der Waals surface area contributed by atoms with E-state index in [1.807, 2.05) is 6.92 Å². The molecule has 1 aliphatic rings. The predicted octanol–water partition coefficient (Wildman–Crippen LogP) is 4.33. The first-order valence-corrected chi connectivity index (χ1v) is 10.7. The van der Waals surface area contributed by atoms with Crippen molar-refractivity contribution in [2.24, 2.45) is 0 Å². The summed E-state index contributed by atoms with van der Waals surface area (Å²) in [5, 5.41) is 5.54. The van der Waals surface area contributed by atoms with Crippen LogP contribution in [0.25, 0.3) is 11.1 Å². The van der Waals surface area contributed by atoms with Crippen LogP contribution in [0.3, 0.4) is 0 Å². The lowest BCUT2D eigenvalue weighted by atomic mass is 9.94. The van der Waals surface area contributed by atoms with E-state index in [0.29, 0.717) is 0 Å². The van der Waals surface area contributed by atoms with Crippen LogP contribution in [-0.2, 0) is 23.6 Å². The van der Waals surface area contributed by atoms with E-state index in [1.165, 1.54) is 44.1 Å². The Bertz CT molecular complexity index is 1460. The van der Waals surface area contributed by atoms with Crippen LogP contribution in [0.1, 0.15) is 5.56 Å². The Kier molecular flexibility index (Phi) is 6.46. The Morgan fingerprint density at radius 1 is 0.633 bits per heavy atom. The molecule has 3 nitrogen and oxygen atoms in total. The van der Waals surface area contributed by atoms with Crippen LogP contribution in [0.4, 0.5) is 0 Å². The number of rotatable bonds is 2. The van der Waals surface area contributed by atoms with Gasteiger partial charge in [0.1, 0.15) is 10.1 Å². The Labute approximate surface area is 182 Å². The summed E-state index contributed by atoms with van der Waals surface area (Å²) in [6.07, 6.45) is 0. The molecule has 0 fully saturated rings. The predicted molar refractivity (Wildman–Crippen MR) is 124 cm³/mol. The first kappa shape index (κ1) is 21.8. The third-order valence-electron chi connectivity index (χ3n) is 4.95. The summed E-state index contributed by atoms with van der Waals surface area (Å²) < 4.78 is 31.2. The molecule has 0 N–H and O–H groups in total. The first-order valence-electron chi connectivity index (χ1n) is 9.26. The van der Waals surface area contributed by atoms with E-state index in [-0.39, 0.29) is 18.4 Å². The maximum atomic E-state index is 10.4. The molecule has 0 aliphatic heterocycles. The highest BCUT2D eigenvalue weighted by Crippen LogP contribution is 2.25. The van der Waals surface area contributed by atoms with Gasteiger partial charge in [0.15, 0.2) is 0 Å². The zero-order chi connectivity index (χ0) is 20.4. The Balaban J connectivity index is 0.000000186. The fraction of sp³-hybridized carbons (Fsp3) is 0.0400. The molecule has 0 bridgehead atoms. The summed E-state index contributed by atoms with van der Waals surface area (Å²) in [6.45, 7) is 1.82. The van der Waals surface area contributed by atoms with Crippen LogP contribution in [0.2, 0.25) is 0 Å². The van der Waals surface area contributed by atoms with Crippen molar-refractivity contribution in [1.29, 1.82) is 0 Å². The quantitative estimate of drug-likeness (QED) is 0.307. The molecule has 1 aliphatic carbocycles. The van der Waals surface area contributed by atoms with Crippen molar-refractivity contribution in [2.45, 2.75) is 11.8 Å². The van der Waals surface area contributed by atoms with Crippen LogP contribution in [0.5, 0.6) is 0 Å². The lowest BCUT2D eigenvalue weighted by Crippen LogP contribution is -1.97. The molecule has 5 rings (SSSR count). The van der Waals surface area contributed by atoms with E-state index in [9.17, 15) is 13.0 Å². The third-order valence-corrected chi connectivity index (χ3v) is 5.79. The van der Waals surface area contributed by atoms with E-state index < -0.39 is 10.1 Å².